The summed E-state index contributed by atoms with van der Waals surface area (Å²) in [5.74, 6) is -1.37. The molecule has 0 aromatic heterocycles. The molecule has 0 fully saturated rings. The van der Waals surface area contributed by atoms with Crippen LogP contribution in [0.1, 0.15) is 22.6 Å². The Morgan fingerprint density at radius 1 is 0.867 bits per heavy atom. The summed E-state index contributed by atoms with van der Waals surface area (Å²) in [5, 5.41) is 5.15. The highest BCUT2D eigenvalue weighted by atomic mass is 32.2. The van der Waals surface area contributed by atoms with Crippen LogP contribution >= 0.6 is 0 Å². The molecule has 5 nitrogen and oxygen atoms in total. The molecule has 0 radical (unpaired) electrons. The molecule has 3 aromatic carbocycles. The van der Waals surface area contributed by atoms with E-state index in [1.165, 1.54) is 66.7 Å². The van der Waals surface area contributed by atoms with E-state index < -0.39 is 27.6 Å². The number of allylic oxidation sites excluding steroid dienone is 1. The van der Waals surface area contributed by atoms with Gasteiger partial charge in [0.05, 0.1) is 10.8 Å². The van der Waals surface area contributed by atoms with Gasteiger partial charge in [0.25, 0.3) is 0 Å². The average Bonchev–Trinajstić information content (AvgIpc) is 2.72. The highest BCUT2D eigenvalue weighted by Gasteiger charge is 2.31. The second-order valence-corrected chi connectivity index (χ2v) is 8.28. The largest absolute Gasteiger partial charge is 0.456 e. The van der Waals surface area contributed by atoms with Crippen LogP contribution in [0.25, 0.3) is 11.3 Å². The van der Waals surface area contributed by atoms with Crippen molar-refractivity contribution in [2.75, 3.05) is 0 Å². The summed E-state index contributed by atoms with van der Waals surface area (Å²) in [4.78, 5) is 12.0. The van der Waals surface area contributed by atoms with Crippen LogP contribution in [0.4, 0.5) is 8.78 Å². The zero-order valence-electron chi connectivity index (χ0n) is 15.4. The SMILES string of the molecule is NS(=O)(=O)c1ccc(C2=C(c3ccc(F)cc3)C(C=O)c3ccc(F)cc3O2)cc1. The molecular formula is C22H15F2NO4S. The van der Waals surface area contributed by atoms with Crippen LogP contribution in [0.15, 0.2) is 71.6 Å². The number of primary sulfonamides is 1. The number of sulfonamides is 1. The molecule has 1 unspecified atom stereocenters. The fourth-order valence-electron chi connectivity index (χ4n) is 3.41. The van der Waals surface area contributed by atoms with Gasteiger partial charge in [-0.2, -0.15) is 0 Å². The Morgan fingerprint density at radius 2 is 1.47 bits per heavy atom. The number of ether oxygens (including phenoxy) is 1. The number of carbonyl (C=O) groups is 1. The van der Waals surface area contributed by atoms with Gasteiger partial charge in [0, 0.05) is 22.8 Å². The van der Waals surface area contributed by atoms with Crippen LogP contribution in [0.5, 0.6) is 5.75 Å². The normalized spacial score (nSPS) is 16.0. The topological polar surface area (TPSA) is 86.5 Å². The van der Waals surface area contributed by atoms with Crippen molar-refractivity contribution in [1.82, 2.24) is 0 Å². The van der Waals surface area contributed by atoms with E-state index in [0.717, 1.165) is 0 Å². The molecule has 1 heterocycles. The minimum Gasteiger partial charge on any atom is -0.456 e. The van der Waals surface area contributed by atoms with E-state index in [9.17, 15) is 22.0 Å². The van der Waals surface area contributed by atoms with Crippen molar-refractivity contribution in [3.63, 3.8) is 0 Å². The zero-order chi connectivity index (χ0) is 21.5. The maximum absolute atomic E-state index is 13.8. The van der Waals surface area contributed by atoms with Gasteiger partial charge in [-0.25, -0.2) is 22.3 Å². The molecule has 2 N–H and O–H groups in total. The van der Waals surface area contributed by atoms with Gasteiger partial charge in [-0.1, -0.05) is 18.2 Å². The summed E-state index contributed by atoms with van der Waals surface area (Å²) in [7, 11) is -3.89. The molecule has 0 saturated carbocycles. The smallest absolute Gasteiger partial charge is 0.238 e. The van der Waals surface area contributed by atoms with E-state index in [-0.39, 0.29) is 16.4 Å². The summed E-state index contributed by atoms with van der Waals surface area (Å²) in [6.07, 6.45) is 0.705. The van der Waals surface area contributed by atoms with Crippen LogP contribution in [0.3, 0.4) is 0 Å². The van der Waals surface area contributed by atoms with Crippen LogP contribution in [-0.2, 0) is 14.8 Å². The van der Waals surface area contributed by atoms with E-state index in [0.29, 0.717) is 28.5 Å². The highest BCUT2D eigenvalue weighted by molar-refractivity contribution is 7.89. The Kier molecular flexibility index (Phi) is 4.97. The van der Waals surface area contributed by atoms with Crippen molar-refractivity contribution >= 4 is 27.6 Å². The predicted molar refractivity (Wildman–Crippen MR) is 107 cm³/mol. The molecular weight excluding hydrogens is 412 g/mol. The van der Waals surface area contributed by atoms with Crippen molar-refractivity contribution in [2.45, 2.75) is 10.8 Å². The molecule has 0 saturated heterocycles. The second-order valence-electron chi connectivity index (χ2n) is 6.72. The Balaban J connectivity index is 1.95. The summed E-state index contributed by atoms with van der Waals surface area (Å²) in [5.41, 5.74) is 1.90. The maximum atomic E-state index is 13.8. The van der Waals surface area contributed by atoms with Gasteiger partial charge < -0.3 is 9.53 Å². The van der Waals surface area contributed by atoms with Crippen LogP contribution in [0.2, 0.25) is 0 Å². The molecule has 4 rings (SSSR count). The van der Waals surface area contributed by atoms with Crippen molar-refractivity contribution in [2.24, 2.45) is 5.14 Å². The number of hydrogen-bond acceptors (Lipinski definition) is 4. The standard InChI is InChI=1S/C22H15F2NO4S/c23-15-5-1-13(2-6-15)21-19(12-26)18-10-7-16(24)11-20(18)29-22(21)14-3-8-17(9-4-14)30(25,27)28/h1-12,19H,(H2,25,27,28). The van der Waals surface area contributed by atoms with Crippen LogP contribution in [0, 0.1) is 11.6 Å². The first-order chi connectivity index (χ1) is 14.3. The molecule has 0 spiro atoms. The van der Waals surface area contributed by atoms with Gasteiger partial charge in [-0.3, -0.25) is 0 Å². The maximum Gasteiger partial charge on any atom is 0.238 e. The molecule has 1 atom stereocenters. The number of hydrogen-bond donors (Lipinski definition) is 1. The molecule has 1 aliphatic heterocycles. The number of halogens is 2. The highest BCUT2D eigenvalue weighted by Crippen LogP contribution is 2.46. The fourth-order valence-corrected chi connectivity index (χ4v) is 3.92. The van der Waals surface area contributed by atoms with Crippen LogP contribution in [-0.4, -0.2) is 14.7 Å². The lowest BCUT2D eigenvalue weighted by Crippen LogP contribution is -2.16. The fraction of sp³-hybridized carbons (Fsp3) is 0.0455. The van der Waals surface area contributed by atoms with E-state index in [4.69, 9.17) is 9.88 Å². The Bertz CT molecular complexity index is 1270. The van der Waals surface area contributed by atoms with Gasteiger partial charge in [-0.05, 0) is 48.0 Å². The first-order valence-electron chi connectivity index (χ1n) is 8.84. The number of nitrogens with two attached hydrogens (primary N) is 1. The molecule has 0 aliphatic carbocycles. The molecule has 3 aromatic rings. The number of carbonyl (C=O) groups excluding carboxylic acids is 1. The monoisotopic (exact) mass is 427 g/mol. The molecule has 0 amide bonds. The lowest BCUT2D eigenvalue weighted by Gasteiger charge is -2.28. The van der Waals surface area contributed by atoms with Crippen molar-refractivity contribution in [3.8, 4) is 5.75 Å². The number of aldehydes is 1. The Morgan fingerprint density at radius 3 is 2.07 bits per heavy atom. The number of fused-ring (bicyclic) bond motifs is 1. The van der Waals surface area contributed by atoms with Crippen molar-refractivity contribution in [3.05, 3.63) is 95.1 Å². The molecule has 8 heteroatoms. The summed E-state index contributed by atoms with van der Waals surface area (Å²) in [6, 6.07) is 15.0. The van der Waals surface area contributed by atoms with Crippen molar-refractivity contribution < 1.29 is 26.7 Å². The van der Waals surface area contributed by atoms with Gasteiger partial charge in [0.1, 0.15) is 29.4 Å². The summed E-state index contributed by atoms with van der Waals surface area (Å²) >= 11 is 0. The van der Waals surface area contributed by atoms with Gasteiger partial charge >= 0.3 is 0 Å². The van der Waals surface area contributed by atoms with E-state index in [1.54, 1.807) is 0 Å². The lowest BCUT2D eigenvalue weighted by molar-refractivity contribution is -0.108. The van der Waals surface area contributed by atoms with Crippen LogP contribution < -0.4 is 9.88 Å². The van der Waals surface area contributed by atoms with Gasteiger partial charge in [-0.15, -0.1) is 0 Å². The minimum absolute atomic E-state index is 0.0932. The third-order valence-corrected chi connectivity index (χ3v) is 5.74. The minimum atomic E-state index is -3.89. The number of rotatable bonds is 4. The van der Waals surface area contributed by atoms with E-state index in [2.05, 4.69) is 0 Å². The zero-order valence-corrected chi connectivity index (χ0v) is 16.2. The second kappa shape index (κ2) is 7.47. The van der Waals surface area contributed by atoms with Crippen molar-refractivity contribution in [1.29, 1.82) is 0 Å². The summed E-state index contributed by atoms with van der Waals surface area (Å²) < 4.78 is 56.3. The first-order valence-corrected chi connectivity index (χ1v) is 10.4. The third-order valence-electron chi connectivity index (χ3n) is 4.81. The van der Waals surface area contributed by atoms with E-state index in [1.807, 2.05) is 0 Å². The number of benzene rings is 3. The van der Waals surface area contributed by atoms with E-state index >= 15 is 0 Å². The average molecular weight is 427 g/mol. The van der Waals surface area contributed by atoms with Gasteiger partial charge in [0.15, 0.2) is 0 Å². The Hall–Kier alpha value is -3.36. The predicted octanol–water partition coefficient (Wildman–Crippen LogP) is 3.86. The molecule has 0 bridgehead atoms. The Labute approximate surface area is 171 Å². The lowest BCUT2D eigenvalue weighted by atomic mass is 9.83. The third kappa shape index (κ3) is 3.62. The molecule has 152 valence electrons. The molecule has 30 heavy (non-hydrogen) atoms. The molecule has 1 aliphatic rings. The first kappa shape index (κ1) is 19.9. The van der Waals surface area contributed by atoms with Gasteiger partial charge in [0.2, 0.25) is 10.0 Å². The quantitative estimate of drug-likeness (QED) is 0.641. The summed E-state index contributed by atoms with van der Waals surface area (Å²) in [6.45, 7) is 0.